The normalized spacial score (nSPS) is 12.6. The molecule has 5 nitrogen and oxygen atoms in total. The van der Waals surface area contributed by atoms with Crippen LogP contribution in [0.25, 0.3) is 17.1 Å². The standard InChI is InChI=1S/C13H10BrFN4O/c1-8(5-9(14)6-16-2)13-18-12(19-20-13)11-4-3-10(15)7-17-11/h3-7H,2H2,1H3/b8-5+,9-6+. The zero-order chi connectivity index (χ0) is 14.5. The van der Waals surface area contributed by atoms with E-state index in [1.165, 1.54) is 12.1 Å². The summed E-state index contributed by atoms with van der Waals surface area (Å²) in [5, 5.41) is 3.81. The number of halogens is 2. The van der Waals surface area contributed by atoms with Crippen molar-refractivity contribution in [2.24, 2.45) is 4.99 Å². The largest absolute Gasteiger partial charge is 0.334 e. The molecule has 0 fully saturated rings. The van der Waals surface area contributed by atoms with Gasteiger partial charge >= 0.3 is 0 Å². The maximum atomic E-state index is 12.8. The Morgan fingerprint density at radius 3 is 2.95 bits per heavy atom. The van der Waals surface area contributed by atoms with E-state index in [0.29, 0.717) is 17.4 Å². The van der Waals surface area contributed by atoms with Crippen LogP contribution in [0, 0.1) is 5.82 Å². The molecule has 0 atom stereocenters. The molecule has 2 rings (SSSR count). The number of aromatic nitrogens is 3. The molecule has 0 saturated heterocycles. The molecule has 7 heteroatoms. The van der Waals surface area contributed by atoms with Crippen LogP contribution in [0.5, 0.6) is 0 Å². The lowest BCUT2D eigenvalue weighted by molar-refractivity contribution is 0.408. The first-order valence-electron chi connectivity index (χ1n) is 5.56. The van der Waals surface area contributed by atoms with E-state index >= 15 is 0 Å². The predicted molar refractivity (Wildman–Crippen MR) is 77.7 cm³/mol. The van der Waals surface area contributed by atoms with E-state index in [9.17, 15) is 4.39 Å². The van der Waals surface area contributed by atoms with Gasteiger partial charge in [-0.25, -0.2) is 9.37 Å². The zero-order valence-electron chi connectivity index (χ0n) is 10.5. The monoisotopic (exact) mass is 336 g/mol. The van der Waals surface area contributed by atoms with Crippen LogP contribution >= 0.6 is 15.9 Å². The van der Waals surface area contributed by atoms with E-state index in [4.69, 9.17) is 4.52 Å². The molecule has 102 valence electrons. The lowest BCUT2D eigenvalue weighted by Gasteiger charge is -1.93. The fourth-order valence-electron chi connectivity index (χ4n) is 1.39. The van der Waals surface area contributed by atoms with Crippen molar-refractivity contribution in [3.05, 3.63) is 46.8 Å². The molecule has 0 aromatic carbocycles. The number of rotatable bonds is 4. The molecule has 2 aromatic heterocycles. The third-order valence-corrected chi connectivity index (χ3v) is 2.72. The smallest absolute Gasteiger partial charge is 0.253 e. The molecule has 0 N–H and O–H groups in total. The molecule has 0 unspecified atom stereocenters. The third kappa shape index (κ3) is 3.45. The van der Waals surface area contributed by atoms with Crippen molar-refractivity contribution in [2.45, 2.75) is 6.92 Å². The van der Waals surface area contributed by atoms with Gasteiger partial charge in [0.1, 0.15) is 11.5 Å². The summed E-state index contributed by atoms with van der Waals surface area (Å²) in [5.41, 5.74) is 1.19. The van der Waals surface area contributed by atoms with Gasteiger partial charge in [-0.15, -0.1) is 0 Å². The minimum Gasteiger partial charge on any atom is -0.334 e. The summed E-state index contributed by atoms with van der Waals surface area (Å²) in [6, 6.07) is 2.77. The highest BCUT2D eigenvalue weighted by Gasteiger charge is 2.11. The molecule has 0 aliphatic rings. The summed E-state index contributed by atoms with van der Waals surface area (Å²) in [6.07, 6.45) is 4.41. The number of hydrogen-bond acceptors (Lipinski definition) is 5. The Labute approximate surface area is 123 Å². The molecule has 0 bridgehead atoms. The maximum Gasteiger partial charge on any atom is 0.253 e. The minimum atomic E-state index is -0.417. The Bertz CT molecular complexity index is 676. The Morgan fingerprint density at radius 1 is 1.50 bits per heavy atom. The molecule has 2 heterocycles. The van der Waals surface area contributed by atoms with Gasteiger partial charge in [0, 0.05) is 16.3 Å². The first-order valence-corrected chi connectivity index (χ1v) is 6.35. The van der Waals surface area contributed by atoms with Gasteiger partial charge < -0.3 is 4.52 Å². The Kier molecular flexibility index (Phi) is 4.52. The molecule has 20 heavy (non-hydrogen) atoms. The zero-order valence-corrected chi connectivity index (χ0v) is 12.1. The second kappa shape index (κ2) is 6.33. The molecule has 0 aliphatic carbocycles. The van der Waals surface area contributed by atoms with E-state index < -0.39 is 5.82 Å². The van der Waals surface area contributed by atoms with Crippen LogP contribution in [0.4, 0.5) is 4.39 Å². The maximum absolute atomic E-state index is 12.8. The predicted octanol–water partition coefficient (Wildman–Crippen LogP) is 3.61. The summed E-state index contributed by atoms with van der Waals surface area (Å²) in [6.45, 7) is 5.17. The first kappa shape index (κ1) is 14.3. The van der Waals surface area contributed by atoms with Crippen LogP contribution in [0.3, 0.4) is 0 Å². The number of hydrogen-bond donors (Lipinski definition) is 0. The van der Waals surface area contributed by atoms with E-state index in [0.717, 1.165) is 16.3 Å². The average molecular weight is 337 g/mol. The van der Waals surface area contributed by atoms with Gasteiger partial charge in [0.05, 0.1) is 6.20 Å². The Hall–Kier alpha value is -2.15. The van der Waals surface area contributed by atoms with E-state index in [1.807, 2.05) is 6.92 Å². The molecule has 0 spiro atoms. The van der Waals surface area contributed by atoms with E-state index in [2.05, 4.69) is 42.8 Å². The van der Waals surface area contributed by atoms with Crippen molar-refractivity contribution in [1.82, 2.24) is 15.1 Å². The number of nitrogens with zero attached hydrogens (tertiary/aromatic N) is 4. The van der Waals surface area contributed by atoms with Gasteiger partial charge in [-0.2, -0.15) is 4.98 Å². The number of pyridine rings is 1. The fourth-order valence-corrected chi connectivity index (χ4v) is 1.88. The van der Waals surface area contributed by atoms with Crippen LogP contribution in [0.1, 0.15) is 12.8 Å². The van der Waals surface area contributed by atoms with Gasteiger partial charge in [-0.1, -0.05) is 5.16 Å². The molecule has 0 amide bonds. The van der Waals surface area contributed by atoms with E-state index in [1.54, 1.807) is 12.3 Å². The van der Waals surface area contributed by atoms with Gasteiger partial charge in [-0.05, 0) is 47.8 Å². The van der Waals surface area contributed by atoms with Crippen molar-refractivity contribution in [2.75, 3.05) is 0 Å². The van der Waals surface area contributed by atoms with Crippen molar-refractivity contribution in [3.63, 3.8) is 0 Å². The van der Waals surface area contributed by atoms with Crippen molar-refractivity contribution in [1.29, 1.82) is 0 Å². The first-order chi connectivity index (χ1) is 9.60. The summed E-state index contributed by atoms with van der Waals surface area (Å²) in [5.74, 6) is 0.231. The lowest BCUT2D eigenvalue weighted by Crippen LogP contribution is -1.87. The topological polar surface area (TPSA) is 64.2 Å². The van der Waals surface area contributed by atoms with Gasteiger partial charge in [0.25, 0.3) is 5.89 Å². The molecule has 0 radical (unpaired) electrons. The Morgan fingerprint density at radius 2 is 2.30 bits per heavy atom. The minimum absolute atomic E-state index is 0.301. The second-order valence-corrected chi connectivity index (χ2v) is 4.72. The lowest BCUT2D eigenvalue weighted by atomic mass is 10.3. The molecule has 0 saturated carbocycles. The molecule has 2 aromatic rings. The number of aliphatic imine (C=N–C) groups is 1. The van der Waals surface area contributed by atoms with Crippen LogP contribution in [0.2, 0.25) is 0 Å². The highest BCUT2D eigenvalue weighted by Crippen LogP contribution is 2.20. The third-order valence-electron chi connectivity index (χ3n) is 2.29. The van der Waals surface area contributed by atoms with Crippen molar-refractivity contribution < 1.29 is 8.91 Å². The van der Waals surface area contributed by atoms with E-state index in [-0.39, 0.29) is 0 Å². The molecule has 0 aliphatic heterocycles. The summed E-state index contributed by atoms with van der Waals surface area (Å²) in [4.78, 5) is 11.7. The van der Waals surface area contributed by atoms with Crippen LogP contribution < -0.4 is 0 Å². The average Bonchev–Trinajstić information content (AvgIpc) is 2.89. The van der Waals surface area contributed by atoms with Crippen molar-refractivity contribution in [3.8, 4) is 11.5 Å². The van der Waals surface area contributed by atoms with Gasteiger partial charge in [0.2, 0.25) is 5.82 Å². The summed E-state index contributed by atoms with van der Waals surface area (Å²) >= 11 is 3.30. The van der Waals surface area contributed by atoms with Gasteiger partial charge in [0.15, 0.2) is 0 Å². The van der Waals surface area contributed by atoms with Crippen LogP contribution in [-0.4, -0.2) is 21.8 Å². The molecular formula is C13H10BrFN4O. The quantitative estimate of drug-likeness (QED) is 0.631. The SMILES string of the molecule is C=N/C=C(Br)\C=C(/C)c1nc(-c2ccc(F)cn2)no1. The highest BCUT2D eigenvalue weighted by molar-refractivity contribution is 9.11. The second-order valence-electron chi connectivity index (χ2n) is 3.81. The van der Waals surface area contributed by atoms with Crippen LogP contribution in [-0.2, 0) is 0 Å². The Balaban J connectivity index is 2.27. The number of allylic oxidation sites excluding steroid dienone is 3. The fraction of sp³-hybridized carbons (Fsp3) is 0.0769. The summed E-state index contributed by atoms with van der Waals surface area (Å²) < 4.78 is 18.6. The van der Waals surface area contributed by atoms with Crippen LogP contribution in [0.15, 0.2) is 44.6 Å². The highest BCUT2D eigenvalue weighted by atomic mass is 79.9. The van der Waals surface area contributed by atoms with Gasteiger partial charge in [-0.3, -0.25) is 4.99 Å². The summed E-state index contributed by atoms with van der Waals surface area (Å²) in [7, 11) is 0. The van der Waals surface area contributed by atoms with Crippen molar-refractivity contribution >= 4 is 28.2 Å². The molecular weight excluding hydrogens is 327 g/mol.